The summed E-state index contributed by atoms with van der Waals surface area (Å²) in [6.45, 7) is 11.0. The molecule has 0 fully saturated rings. The van der Waals surface area contributed by atoms with E-state index in [0.29, 0.717) is 12.5 Å². The van der Waals surface area contributed by atoms with Crippen molar-refractivity contribution in [3.63, 3.8) is 0 Å². The van der Waals surface area contributed by atoms with Gasteiger partial charge in [-0.05, 0) is 19.3 Å². The van der Waals surface area contributed by atoms with Crippen molar-refractivity contribution in [2.24, 2.45) is 0 Å². The Hall–Kier alpha value is -1.00. The number of fused-ring (bicyclic) bond motifs is 1. The van der Waals surface area contributed by atoms with Crippen LogP contribution in [0.3, 0.4) is 0 Å². The van der Waals surface area contributed by atoms with Gasteiger partial charge < -0.3 is 10.1 Å². The summed E-state index contributed by atoms with van der Waals surface area (Å²) < 4.78 is 5.73. The van der Waals surface area contributed by atoms with Crippen molar-refractivity contribution >= 4 is 0 Å². The minimum absolute atomic E-state index is 0.0263. The van der Waals surface area contributed by atoms with Crippen molar-refractivity contribution in [1.29, 1.82) is 0 Å². The zero-order chi connectivity index (χ0) is 13.1. The predicted molar refractivity (Wildman–Crippen MR) is 71.3 cm³/mol. The molecule has 0 radical (unpaired) electrons. The van der Waals surface area contributed by atoms with Gasteiger partial charge in [-0.25, -0.2) is 9.97 Å². The van der Waals surface area contributed by atoms with Crippen molar-refractivity contribution in [3.05, 3.63) is 22.8 Å². The molecular formula is C14H23N3O. The van der Waals surface area contributed by atoms with Crippen LogP contribution in [0.15, 0.2) is 0 Å². The van der Waals surface area contributed by atoms with E-state index in [-0.39, 0.29) is 6.10 Å². The summed E-state index contributed by atoms with van der Waals surface area (Å²) in [5.41, 5.74) is 3.63. The van der Waals surface area contributed by atoms with Gasteiger partial charge in [-0.15, -0.1) is 0 Å². The summed E-state index contributed by atoms with van der Waals surface area (Å²) in [5, 5.41) is 3.36. The maximum atomic E-state index is 5.73. The molecule has 2 heterocycles. The van der Waals surface area contributed by atoms with Crippen molar-refractivity contribution in [2.45, 2.75) is 59.2 Å². The number of nitrogens with one attached hydrogen (secondary N) is 1. The third-order valence-electron chi connectivity index (χ3n) is 3.31. The molecule has 0 amide bonds. The van der Waals surface area contributed by atoms with Crippen LogP contribution in [0.1, 0.15) is 68.9 Å². The fourth-order valence-corrected chi connectivity index (χ4v) is 2.41. The fourth-order valence-electron chi connectivity index (χ4n) is 2.41. The highest BCUT2D eigenvalue weighted by molar-refractivity contribution is 5.31. The molecule has 1 N–H and O–H groups in total. The minimum Gasteiger partial charge on any atom is -0.371 e. The van der Waals surface area contributed by atoms with E-state index in [0.717, 1.165) is 31.0 Å². The molecule has 1 aromatic rings. The molecule has 1 atom stereocenters. The largest absolute Gasteiger partial charge is 0.371 e. The van der Waals surface area contributed by atoms with Crippen LogP contribution in [-0.2, 0) is 17.8 Å². The number of hydrogen-bond acceptors (Lipinski definition) is 4. The van der Waals surface area contributed by atoms with Crippen LogP contribution < -0.4 is 5.32 Å². The Bertz CT molecular complexity index is 418. The third kappa shape index (κ3) is 2.54. The van der Waals surface area contributed by atoms with E-state index in [1.165, 1.54) is 11.3 Å². The van der Waals surface area contributed by atoms with Gasteiger partial charge in [0.05, 0.1) is 11.4 Å². The summed E-state index contributed by atoms with van der Waals surface area (Å²) in [6, 6.07) is 0. The van der Waals surface area contributed by atoms with Gasteiger partial charge in [-0.3, -0.25) is 0 Å². The van der Waals surface area contributed by atoms with Crippen molar-refractivity contribution in [2.75, 3.05) is 6.61 Å². The lowest BCUT2D eigenvalue weighted by molar-refractivity contribution is 0.0531. The molecule has 0 saturated carbocycles. The summed E-state index contributed by atoms with van der Waals surface area (Å²) in [4.78, 5) is 9.45. The van der Waals surface area contributed by atoms with Crippen LogP contribution in [0.25, 0.3) is 0 Å². The summed E-state index contributed by atoms with van der Waals surface area (Å²) in [7, 11) is 0. The zero-order valence-electron chi connectivity index (χ0n) is 11.8. The molecule has 0 bridgehead atoms. The Labute approximate surface area is 109 Å². The van der Waals surface area contributed by atoms with Crippen LogP contribution in [-0.4, -0.2) is 16.6 Å². The Morgan fingerprint density at radius 3 is 2.61 bits per heavy atom. The molecule has 1 aliphatic heterocycles. The summed E-state index contributed by atoms with van der Waals surface area (Å²) >= 11 is 0. The molecule has 0 aromatic carbocycles. The topological polar surface area (TPSA) is 47.0 Å². The first-order valence-corrected chi connectivity index (χ1v) is 6.89. The highest BCUT2D eigenvalue weighted by atomic mass is 16.5. The van der Waals surface area contributed by atoms with Crippen LogP contribution in [0.2, 0.25) is 0 Å². The maximum absolute atomic E-state index is 5.73. The number of nitrogens with zero attached hydrogens (tertiary/aromatic N) is 2. The monoisotopic (exact) mass is 249 g/mol. The average Bonchev–Trinajstić information content (AvgIpc) is 2.82. The zero-order valence-corrected chi connectivity index (χ0v) is 11.8. The second-order valence-corrected chi connectivity index (χ2v) is 5.00. The van der Waals surface area contributed by atoms with E-state index in [1.807, 2.05) is 6.92 Å². The molecule has 1 aromatic heterocycles. The van der Waals surface area contributed by atoms with Gasteiger partial charge in [0.2, 0.25) is 0 Å². The van der Waals surface area contributed by atoms with Gasteiger partial charge in [0.1, 0.15) is 6.10 Å². The van der Waals surface area contributed by atoms with Crippen LogP contribution in [0, 0.1) is 0 Å². The van der Waals surface area contributed by atoms with E-state index in [4.69, 9.17) is 9.72 Å². The average molecular weight is 249 g/mol. The second-order valence-electron chi connectivity index (χ2n) is 5.00. The Morgan fingerprint density at radius 1 is 1.22 bits per heavy atom. The Balaban J connectivity index is 2.40. The maximum Gasteiger partial charge on any atom is 0.157 e. The molecular weight excluding hydrogens is 226 g/mol. The smallest absolute Gasteiger partial charge is 0.157 e. The van der Waals surface area contributed by atoms with E-state index in [1.54, 1.807) is 0 Å². The van der Waals surface area contributed by atoms with Gasteiger partial charge in [0.15, 0.2) is 5.82 Å². The first-order valence-electron chi connectivity index (χ1n) is 6.89. The lowest BCUT2D eigenvalue weighted by Crippen LogP contribution is -2.13. The van der Waals surface area contributed by atoms with Gasteiger partial charge in [0.25, 0.3) is 0 Å². The second kappa shape index (κ2) is 5.76. The minimum atomic E-state index is 0.0263. The van der Waals surface area contributed by atoms with Gasteiger partial charge in [-0.2, -0.15) is 0 Å². The molecule has 18 heavy (non-hydrogen) atoms. The standard InChI is InChI=1S/C14H23N3O/c1-5-12(18-6-2)14-16-11-8-15-7-10(11)13(17-14)9(3)4/h9,12,15H,5-8H2,1-4H3. The van der Waals surface area contributed by atoms with E-state index < -0.39 is 0 Å². The van der Waals surface area contributed by atoms with Crippen molar-refractivity contribution in [1.82, 2.24) is 15.3 Å². The van der Waals surface area contributed by atoms with Crippen molar-refractivity contribution < 1.29 is 4.74 Å². The summed E-state index contributed by atoms with van der Waals surface area (Å²) in [5.74, 6) is 1.28. The molecule has 1 unspecified atom stereocenters. The molecule has 0 spiro atoms. The first-order chi connectivity index (χ1) is 8.67. The quantitative estimate of drug-likeness (QED) is 0.871. The van der Waals surface area contributed by atoms with Crippen LogP contribution >= 0.6 is 0 Å². The number of rotatable bonds is 5. The Morgan fingerprint density at radius 2 is 2.00 bits per heavy atom. The van der Waals surface area contributed by atoms with Crippen molar-refractivity contribution in [3.8, 4) is 0 Å². The molecule has 4 nitrogen and oxygen atoms in total. The number of ether oxygens (including phenoxy) is 1. The van der Waals surface area contributed by atoms with E-state index in [2.05, 4.69) is 31.1 Å². The van der Waals surface area contributed by atoms with Gasteiger partial charge in [0, 0.05) is 25.3 Å². The third-order valence-corrected chi connectivity index (χ3v) is 3.31. The predicted octanol–water partition coefficient (Wildman–Crippen LogP) is 2.69. The molecule has 2 rings (SSSR count). The lowest BCUT2D eigenvalue weighted by Gasteiger charge is -2.17. The molecule has 1 aliphatic rings. The first kappa shape index (κ1) is 13.4. The lowest BCUT2D eigenvalue weighted by atomic mass is 10.0. The van der Waals surface area contributed by atoms with Gasteiger partial charge >= 0.3 is 0 Å². The highest BCUT2D eigenvalue weighted by Gasteiger charge is 2.23. The molecule has 0 saturated heterocycles. The van der Waals surface area contributed by atoms with E-state index in [9.17, 15) is 0 Å². The normalized spacial score (nSPS) is 16.1. The highest BCUT2D eigenvalue weighted by Crippen LogP contribution is 2.27. The van der Waals surface area contributed by atoms with Crippen LogP contribution in [0.5, 0.6) is 0 Å². The fraction of sp³-hybridized carbons (Fsp3) is 0.714. The molecule has 0 aliphatic carbocycles. The summed E-state index contributed by atoms with van der Waals surface area (Å²) in [6.07, 6.45) is 0.941. The van der Waals surface area contributed by atoms with Gasteiger partial charge in [-0.1, -0.05) is 20.8 Å². The number of hydrogen-bond donors (Lipinski definition) is 1. The van der Waals surface area contributed by atoms with E-state index >= 15 is 0 Å². The SMILES string of the molecule is CCOC(CC)c1nc2c(c(C(C)C)n1)CNC2. The van der Waals surface area contributed by atoms with Crippen LogP contribution in [0.4, 0.5) is 0 Å². The molecule has 100 valence electrons. The molecule has 4 heteroatoms. The Kier molecular flexibility index (Phi) is 4.30. The number of aromatic nitrogens is 2.